The van der Waals surface area contributed by atoms with Crippen LogP contribution in [0.15, 0.2) is 5.38 Å². The van der Waals surface area contributed by atoms with Gasteiger partial charge in [-0.15, -0.1) is 11.3 Å². The zero-order valence-corrected chi connectivity index (χ0v) is 9.08. The van der Waals surface area contributed by atoms with Crippen LogP contribution in [0.2, 0.25) is 0 Å². The molecule has 0 saturated heterocycles. The van der Waals surface area contributed by atoms with E-state index in [9.17, 15) is 0 Å². The van der Waals surface area contributed by atoms with Gasteiger partial charge in [-0.25, -0.2) is 4.98 Å². The lowest BCUT2D eigenvalue weighted by Gasteiger charge is -2.38. The van der Waals surface area contributed by atoms with E-state index >= 15 is 0 Å². The van der Waals surface area contributed by atoms with E-state index in [0.717, 1.165) is 17.4 Å². The molecule has 1 aromatic rings. The van der Waals surface area contributed by atoms with Gasteiger partial charge in [0.05, 0.1) is 5.69 Å². The number of rotatable bonds is 3. The maximum atomic E-state index is 4.38. The summed E-state index contributed by atoms with van der Waals surface area (Å²) in [6.45, 7) is 5.47. The van der Waals surface area contributed by atoms with Gasteiger partial charge in [0, 0.05) is 11.9 Å². The fourth-order valence-corrected chi connectivity index (χ4v) is 2.37. The highest BCUT2D eigenvalue weighted by molar-refractivity contribution is 7.13. The molecule has 3 heteroatoms. The van der Waals surface area contributed by atoms with E-state index in [0.29, 0.717) is 5.41 Å². The maximum Gasteiger partial charge on any atom is 0.182 e. The van der Waals surface area contributed by atoms with Crippen LogP contribution in [0.5, 0.6) is 0 Å². The van der Waals surface area contributed by atoms with Crippen molar-refractivity contribution in [1.29, 1.82) is 0 Å². The molecule has 1 heterocycles. The van der Waals surface area contributed by atoms with Crippen molar-refractivity contribution in [1.82, 2.24) is 4.98 Å². The van der Waals surface area contributed by atoms with Crippen molar-refractivity contribution in [3.05, 3.63) is 11.1 Å². The van der Waals surface area contributed by atoms with E-state index in [1.165, 1.54) is 19.3 Å². The van der Waals surface area contributed by atoms with Crippen LogP contribution in [0.4, 0.5) is 5.13 Å². The molecule has 1 aromatic heterocycles. The number of hydrogen-bond donors (Lipinski definition) is 1. The Hall–Kier alpha value is -0.570. The fraction of sp³-hybridized carbons (Fsp3) is 0.700. The second kappa shape index (κ2) is 3.29. The van der Waals surface area contributed by atoms with Crippen LogP contribution >= 0.6 is 11.3 Å². The molecule has 1 aliphatic carbocycles. The minimum absolute atomic E-state index is 0.541. The third-order valence-electron chi connectivity index (χ3n) is 2.85. The molecule has 13 heavy (non-hydrogen) atoms. The lowest BCUT2D eigenvalue weighted by molar-refractivity contribution is 0.180. The third-order valence-corrected chi connectivity index (χ3v) is 3.76. The van der Waals surface area contributed by atoms with Crippen LogP contribution in [-0.4, -0.2) is 11.5 Å². The highest BCUT2D eigenvalue weighted by Crippen LogP contribution is 2.40. The van der Waals surface area contributed by atoms with Gasteiger partial charge < -0.3 is 5.32 Å². The molecule has 0 amide bonds. The highest BCUT2D eigenvalue weighted by Gasteiger charge is 2.31. The summed E-state index contributed by atoms with van der Waals surface area (Å²) < 4.78 is 0. The first-order valence-electron chi connectivity index (χ1n) is 4.84. The average Bonchev–Trinajstić information content (AvgIpc) is 2.44. The summed E-state index contributed by atoms with van der Waals surface area (Å²) in [5.41, 5.74) is 1.66. The number of anilines is 1. The first-order valence-corrected chi connectivity index (χ1v) is 5.72. The molecule has 2 rings (SSSR count). The number of thiazole rings is 1. The predicted octanol–water partition coefficient (Wildman–Crippen LogP) is 3.05. The molecule has 0 aromatic carbocycles. The van der Waals surface area contributed by atoms with E-state index in [1.807, 2.05) is 6.92 Å². The van der Waals surface area contributed by atoms with Crippen LogP contribution < -0.4 is 5.32 Å². The van der Waals surface area contributed by atoms with Crippen molar-refractivity contribution in [2.45, 2.75) is 33.1 Å². The maximum absolute atomic E-state index is 4.38. The Labute approximate surface area is 83.4 Å². The van der Waals surface area contributed by atoms with Crippen molar-refractivity contribution in [2.24, 2.45) is 5.41 Å². The van der Waals surface area contributed by atoms with Crippen molar-refractivity contribution >= 4 is 16.5 Å². The van der Waals surface area contributed by atoms with Crippen LogP contribution in [0, 0.1) is 12.3 Å². The fourth-order valence-electron chi connectivity index (χ4n) is 1.68. The number of nitrogens with zero attached hydrogens (tertiary/aromatic N) is 1. The van der Waals surface area contributed by atoms with E-state index in [2.05, 4.69) is 22.6 Å². The second-order valence-electron chi connectivity index (χ2n) is 4.31. The van der Waals surface area contributed by atoms with Crippen LogP contribution in [0.3, 0.4) is 0 Å². The zero-order valence-electron chi connectivity index (χ0n) is 8.26. The van der Waals surface area contributed by atoms with Crippen molar-refractivity contribution < 1.29 is 0 Å². The molecular weight excluding hydrogens is 180 g/mol. The van der Waals surface area contributed by atoms with Gasteiger partial charge in [0.2, 0.25) is 0 Å². The summed E-state index contributed by atoms with van der Waals surface area (Å²) in [5, 5.41) is 6.58. The van der Waals surface area contributed by atoms with Gasteiger partial charge in [-0.2, -0.15) is 0 Å². The quantitative estimate of drug-likeness (QED) is 0.803. The van der Waals surface area contributed by atoms with Gasteiger partial charge in [-0.3, -0.25) is 0 Å². The number of aryl methyl sites for hydroxylation is 1. The molecule has 0 bridgehead atoms. The predicted molar refractivity (Wildman–Crippen MR) is 57.3 cm³/mol. The first kappa shape index (κ1) is 9.00. The van der Waals surface area contributed by atoms with Gasteiger partial charge in [0.25, 0.3) is 0 Å². The largest absolute Gasteiger partial charge is 0.361 e. The normalized spacial score (nSPS) is 19.5. The molecule has 0 unspecified atom stereocenters. The standard InChI is InChI=1S/C10H16N2S/c1-8-6-13-9(12-8)11-7-10(2)4-3-5-10/h6H,3-5,7H2,1-2H3,(H,11,12). The zero-order chi connectivity index (χ0) is 9.31. The Bertz CT molecular complexity index is 289. The van der Waals surface area contributed by atoms with Gasteiger partial charge in [0.15, 0.2) is 5.13 Å². The summed E-state index contributed by atoms with van der Waals surface area (Å²) >= 11 is 1.70. The SMILES string of the molecule is Cc1csc(NCC2(C)CCC2)n1. The van der Waals surface area contributed by atoms with Crippen LogP contribution in [-0.2, 0) is 0 Å². The van der Waals surface area contributed by atoms with Crippen molar-refractivity contribution in [3.63, 3.8) is 0 Å². The monoisotopic (exact) mass is 196 g/mol. The lowest BCUT2D eigenvalue weighted by atomic mass is 9.70. The number of nitrogens with one attached hydrogen (secondary N) is 1. The molecule has 1 saturated carbocycles. The van der Waals surface area contributed by atoms with E-state index in [4.69, 9.17) is 0 Å². The molecule has 0 aliphatic heterocycles. The minimum Gasteiger partial charge on any atom is -0.361 e. The molecule has 2 nitrogen and oxygen atoms in total. The summed E-state index contributed by atoms with van der Waals surface area (Å²) in [5.74, 6) is 0. The Morgan fingerprint density at radius 3 is 2.85 bits per heavy atom. The van der Waals surface area contributed by atoms with Gasteiger partial charge in [-0.05, 0) is 25.2 Å². The molecule has 0 spiro atoms. The minimum atomic E-state index is 0.541. The van der Waals surface area contributed by atoms with Gasteiger partial charge in [0.1, 0.15) is 0 Å². The number of aromatic nitrogens is 1. The Morgan fingerprint density at radius 1 is 1.62 bits per heavy atom. The van der Waals surface area contributed by atoms with E-state index in [1.54, 1.807) is 11.3 Å². The molecule has 1 N–H and O–H groups in total. The molecular formula is C10H16N2S. The van der Waals surface area contributed by atoms with Crippen LogP contribution in [0.25, 0.3) is 0 Å². The molecule has 1 aliphatic rings. The van der Waals surface area contributed by atoms with E-state index in [-0.39, 0.29) is 0 Å². The van der Waals surface area contributed by atoms with Crippen molar-refractivity contribution in [2.75, 3.05) is 11.9 Å². The van der Waals surface area contributed by atoms with Gasteiger partial charge in [-0.1, -0.05) is 13.3 Å². The summed E-state index contributed by atoms with van der Waals surface area (Å²) in [6, 6.07) is 0. The summed E-state index contributed by atoms with van der Waals surface area (Å²) in [7, 11) is 0. The Kier molecular flexibility index (Phi) is 2.28. The average molecular weight is 196 g/mol. The Balaban J connectivity index is 1.85. The smallest absolute Gasteiger partial charge is 0.182 e. The Morgan fingerprint density at radius 2 is 2.38 bits per heavy atom. The van der Waals surface area contributed by atoms with Crippen LogP contribution in [0.1, 0.15) is 31.9 Å². The molecule has 0 radical (unpaired) electrons. The number of hydrogen-bond acceptors (Lipinski definition) is 3. The highest BCUT2D eigenvalue weighted by atomic mass is 32.1. The van der Waals surface area contributed by atoms with Gasteiger partial charge >= 0.3 is 0 Å². The first-order chi connectivity index (χ1) is 6.18. The second-order valence-corrected chi connectivity index (χ2v) is 5.17. The van der Waals surface area contributed by atoms with E-state index < -0.39 is 0 Å². The topological polar surface area (TPSA) is 24.9 Å². The molecule has 1 fully saturated rings. The summed E-state index contributed by atoms with van der Waals surface area (Å²) in [4.78, 5) is 4.38. The molecule has 0 atom stereocenters. The summed E-state index contributed by atoms with van der Waals surface area (Å²) in [6.07, 6.45) is 4.13. The lowest BCUT2D eigenvalue weighted by Crippen LogP contribution is -2.33. The molecule has 72 valence electrons. The third kappa shape index (κ3) is 2.02. The van der Waals surface area contributed by atoms with Crippen molar-refractivity contribution in [3.8, 4) is 0 Å².